The number of ketones is 1. The topological polar surface area (TPSA) is 59.6 Å². The fourth-order valence-electron chi connectivity index (χ4n) is 4.92. The van der Waals surface area contributed by atoms with Crippen LogP contribution in [0.2, 0.25) is 0 Å². The van der Waals surface area contributed by atoms with Crippen molar-refractivity contribution in [2.75, 3.05) is 31.1 Å². The molecule has 0 radical (unpaired) electrons. The van der Waals surface area contributed by atoms with E-state index >= 15 is 0 Å². The molecule has 0 fully saturated rings. The molecule has 2 N–H and O–H groups in total. The first-order valence-electron chi connectivity index (χ1n) is 11.4. The van der Waals surface area contributed by atoms with Crippen LogP contribution in [0.25, 0.3) is 0 Å². The first-order valence-corrected chi connectivity index (χ1v) is 12.6. The number of methoxy groups -OCH3 is 2. The Morgan fingerprint density at radius 2 is 1.68 bits per heavy atom. The van der Waals surface area contributed by atoms with Gasteiger partial charge >= 0.3 is 0 Å². The summed E-state index contributed by atoms with van der Waals surface area (Å²) in [5.41, 5.74) is 5.81. The monoisotopic (exact) mass is 472 g/mol. The largest absolute Gasteiger partial charge is 0.497 e. The number of ether oxygens (including phenoxy) is 2. The zero-order valence-corrected chi connectivity index (χ0v) is 20.4. The van der Waals surface area contributed by atoms with Gasteiger partial charge in [-0.2, -0.15) is 0 Å². The van der Waals surface area contributed by atoms with E-state index in [0.717, 1.165) is 45.3 Å². The van der Waals surface area contributed by atoms with Crippen molar-refractivity contribution in [2.45, 2.75) is 29.7 Å². The van der Waals surface area contributed by atoms with Gasteiger partial charge in [-0.25, -0.2) is 0 Å². The Kier molecular flexibility index (Phi) is 6.24. The number of nitrogens with one attached hydrogen (secondary N) is 2. The van der Waals surface area contributed by atoms with Gasteiger partial charge in [-0.15, -0.1) is 11.8 Å². The third kappa shape index (κ3) is 4.14. The second kappa shape index (κ2) is 9.47. The van der Waals surface area contributed by atoms with Gasteiger partial charge in [-0.3, -0.25) is 4.79 Å². The fourth-order valence-corrected chi connectivity index (χ4v) is 5.33. The average molecular weight is 473 g/mol. The summed E-state index contributed by atoms with van der Waals surface area (Å²) >= 11 is 1.71. The Morgan fingerprint density at radius 3 is 2.38 bits per heavy atom. The highest BCUT2D eigenvalue weighted by atomic mass is 32.2. The summed E-state index contributed by atoms with van der Waals surface area (Å²) in [5, 5.41) is 7.25. The standard InChI is InChI=1S/C28H28N2O3S/c1-32-19-10-13-26(33-2)21(16-19)18-14-24-27(25(31)15-18)28(17-8-11-20(34-3)12-9-17)30-23-7-5-4-6-22(23)29-24/h4-13,16,18,28-30H,14-15H2,1-3H3. The van der Waals surface area contributed by atoms with Gasteiger partial charge < -0.3 is 20.1 Å². The second-order valence-electron chi connectivity index (χ2n) is 8.55. The molecule has 3 aromatic rings. The van der Waals surface area contributed by atoms with Gasteiger partial charge in [0, 0.05) is 34.1 Å². The minimum atomic E-state index is -0.220. The lowest BCUT2D eigenvalue weighted by atomic mass is 9.78. The molecule has 0 aromatic heterocycles. The van der Waals surface area contributed by atoms with E-state index in [1.807, 2.05) is 36.4 Å². The highest BCUT2D eigenvalue weighted by Crippen LogP contribution is 2.46. The van der Waals surface area contributed by atoms with E-state index in [0.29, 0.717) is 12.8 Å². The highest BCUT2D eigenvalue weighted by molar-refractivity contribution is 7.98. The van der Waals surface area contributed by atoms with Gasteiger partial charge in [0.1, 0.15) is 11.5 Å². The number of rotatable bonds is 5. The maximum absolute atomic E-state index is 13.8. The van der Waals surface area contributed by atoms with Crippen LogP contribution in [0.3, 0.4) is 0 Å². The zero-order valence-electron chi connectivity index (χ0n) is 19.6. The Morgan fingerprint density at radius 1 is 0.912 bits per heavy atom. The SMILES string of the molecule is COc1ccc(OC)c(C2CC(=O)C3=C(C2)Nc2ccccc2NC3c2ccc(SC)cc2)c1. The van der Waals surface area contributed by atoms with Crippen molar-refractivity contribution in [2.24, 2.45) is 0 Å². The van der Waals surface area contributed by atoms with Crippen LogP contribution in [0.15, 0.2) is 82.9 Å². The van der Waals surface area contributed by atoms with E-state index in [2.05, 4.69) is 47.2 Å². The summed E-state index contributed by atoms with van der Waals surface area (Å²) in [6, 6.07) is 22.2. The molecular formula is C28H28N2O3S. The molecule has 1 aliphatic heterocycles. The molecule has 1 heterocycles. The molecular weight excluding hydrogens is 444 g/mol. The Labute approximate surface area is 204 Å². The molecule has 5 nitrogen and oxygen atoms in total. The van der Waals surface area contributed by atoms with Crippen molar-refractivity contribution in [1.82, 2.24) is 0 Å². The number of Topliss-reactive ketones (excluding diaryl/α,β-unsaturated/α-hetero) is 1. The van der Waals surface area contributed by atoms with Crippen molar-refractivity contribution >= 4 is 28.9 Å². The van der Waals surface area contributed by atoms with Gasteiger partial charge in [0.05, 0.1) is 31.6 Å². The van der Waals surface area contributed by atoms with Crippen LogP contribution >= 0.6 is 11.8 Å². The van der Waals surface area contributed by atoms with Crippen LogP contribution in [-0.2, 0) is 4.79 Å². The van der Waals surface area contributed by atoms with Crippen molar-refractivity contribution in [3.05, 3.63) is 89.1 Å². The molecule has 2 unspecified atom stereocenters. The van der Waals surface area contributed by atoms with Crippen LogP contribution in [0, 0.1) is 0 Å². The molecule has 6 heteroatoms. The summed E-state index contributed by atoms with van der Waals surface area (Å²) in [6.07, 6.45) is 3.19. The van der Waals surface area contributed by atoms with Gasteiger partial charge in [0.25, 0.3) is 0 Å². The number of hydrogen-bond donors (Lipinski definition) is 2. The van der Waals surface area contributed by atoms with Crippen LogP contribution < -0.4 is 20.1 Å². The zero-order chi connectivity index (χ0) is 23.7. The van der Waals surface area contributed by atoms with Crippen molar-refractivity contribution in [3.8, 4) is 11.5 Å². The maximum Gasteiger partial charge on any atom is 0.163 e. The maximum atomic E-state index is 13.8. The molecule has 5 rings (SSSR count). The first-order chi connectivity index (χ1) is 16.6. The lowest BCUT2D eigenvalue weighted by Crippen LogP contribution is -2.27. The summed E-state index contributed by atoms with van der Waals surface area (Å²) in [4.78, 5) is 15.0. The molecule has 0 amide bonds. The lowest BCUT2D eigenvalue weighted by Gasteiger charge is -2.30. The van der Waals surface area contributed by atoms with E-state index in [1.165, 1.54) is 4.90 Å². The molecule has 174 valence electrons. The number of thioether (sulfide) groups is 1. The summed E-state index contributed by atoms with van der Waals surface area (Å²) in [7, 11) is 3.32. The average Bonchev–Trinajstić information content (AvgIpc) is 3.05. The van der Waals surface area contributed by atoms with Gasteiger partial charge in [0.2, 0.25) is 0 Å². The Bertz CT molecular complexity index is 1250. The van der Waals surface area contributed by atoms with Crippen molar-refractivity contribution in [3.63, 3.8) is 0 Å². The molecule has 2 aliphatic rings. The smallest absolute Gasteiger partial charge is 0.163 e. The van der Waals surface area contributed by atoms with Crippen LogP contribution in [0.4, 0.5) is 11.4 Å². The molecule has 0 saturated heterocycles. The Hall–Kier alpha value is -3.38. The van der Waals surface area contributed by atoms with Crippen molar-refractivity contribution < 1.29 is 14.3 Å². The minimum absolute atomic E-state index is 0.00594. The van der Waals surface area contributed by atoms with E-state index < -0.39 is 0 Å². The normalized spacial score (nSPS) is 19.3. The van der Waals surface area contributed by atoms with Gasteiger partial charge in [-0.1, -0.05) is 24.3 Å². The number of fused-ring (bicyclic) bond motifs is 1. The summed E-state index contributed by atoms with van der Waals surface area (Å²) < 4.78 is 11.1. The number of hydrogen-bond acceptors (Lipinski definition) is 6. The summed E-state index contributed by atoms with van der Waals surface area (Å²) in [5.74, 6) is 1.67. The Balaban J connectivity index is 1.60. The number of benzene rings is 3. The number of carbonyl (C=O) groups is 1. The lowest BCUT2D eigenvalue weighted by molar-refractivity contribution is -0.116. The molecule has 0 spiro atoms. The van der Waals surface area contributed by atoms with Crippen LogP contribution in [0.1, 0.15) is 35.9 Å². The van der Waals surface area contributed by atoms with Gasteiger partial charge in [-0.05, 0) is 60.7 Å². The second-order valence-corrected chi connectivity index (χ2v) is 9.43. The van der Waals surface area contributed by atoms with Crippen molar-refractivity contribution in [1.29, 1.82) is 0 Å². The third-order valence-corrected chi connectivity index (χ3v) is 7.38. The molecule has 2 atom stereocenters. The number of para-hydroxylation sites is 2. The number of allylic oxidation sites excluding steroid dienone is 1. The van der Waals surface area contributed by atoms with E-state index in [9.17, 15) is 4.79 Å². The molecule has 3 aromatic carbocycles. The van der Waals surface area contributed by atoms with E-state index in [-0.39, 0.29) is 17.7 Å². The summed E-state index contributed by atoms with van der Waals surface area (Å²) in [6.45, 7) is 0. The van der Waals surface area contributed by atoms with Crippen LogP contribution in [0.5, 0.6) is 11.5 Å². The third-order valence-electron chi connectivity index (χ3n) is 6.63. The predicted octanol–water partition coefficient (Wildman–Crippen LogP) is 6.41. The first kappa shape index (κ1) is 22.4. The van der Waals surface area contributed by atoms with Crippen LogP contribution in [-0.4, -0.2) is 26.3 Å². The number of carbonyl (C=O) groups excluding carboxylic acids is 1. The van der Waals surface area contributed by atoms with Gasteiger partial charge in [0.15, 0.2) is 5.78 Å². The molecule has 1 aliphatic carbocycles. The molecule has 0 saturated carbocycles. The minimum Gasteiger partial charge on any atom is -0.497 e. The quantitative estimate of drug-likeness (QED) is 0.419. The van der Waals surface area contributed by atoms with E-state index in [1.54, 1.807) is 26.0 Å². The predicted molar refractivity (Wildman–Crippen MR) is 138 cm³/mol. The van der Waals surface area contributed by atoms with E-state index in [4.69, 9.17) is 9.47 Å². The fraction of sp³-hybridized carbons (Fsp3) is 0.250. The molecule has 34 heavy (non-hydrogen) atoms. The molecule has 0 bridgehead atoms. The number of anilines is 2. The highest BCUT2D eigenvalue weighted by Gasteiger charge is 2.37.